The second-order valence-corrected chi connectivity index (χ2v) is 5.01. The van der Waals surface area contributed by atoms with Gasteiger partial charge in [0.2, 0.25) is 5.75 Å². The van der Waals surface area contributed by atoms with Crippen molar-refractivity contribution in [2.24, 2.45) is 0 Å². The number of benzene rings is 2. The van der Waals surface area contributed by atoms with Crippen molar-refractivity contribution < 1.29 is 9.66 Å². The third-order valence-electron chi connectivity index (χ3n) is 2.90. The van der Waals surface area contributed by atoms with Crippen molar-refractivity contribution in [3.63, 3.8) is 0 Å². The summed E-state index contributed by atoms with van der Waals surface area (Å²) in [4.78, 5) is 10.5. The molecule has 2 aromatic rings. The molecule has 0 heterocycles. The van der Waals surface area contributed by atoms with E-state index in [2.05, 4.69) is 19.2 Å². The maximum atomic E-state index is 11.0. The average molecular weight is 286 g/mol. The first-order valence-corrected chi connectivity index (χ1v) is 6.80. The predicted molar refractivity (Wildman–Crippen MR) is 81.6 cm³/mol. The number of ether oxygens (including phenoxy) is 1. The fourth-order valence-corrected chi connectivity index (χ4v) is 1.86. The van der Waals surface area contributed by atoms with Crippen LogP contribution in [0.25, 0.3) is 0 Å². The molecule has 2 aromatic carbocycles. The molecule has 110 valence electrons. The normalized spacial score (nSPS) is 10.6. The standard InChI is InChI=1S/C16H18N2O3/c1-12(2)17-11-13-6-5-7-14(10-13)21-16-9-4-3-8-15(16)18(19)20/h3-10,12,17H,11H2,1-2H3. The first-order chi connectivity index (χ1) is 10.1. The van der Waals surface area contributed by atoms with Gasteiger partial charge in [-0.15, -0.1) is 0 Å². The van der Waals surface area contributed by atoms with Crippen LogP contribution < -0.4 is 10.1 Å². The summed E-state index contributed by atoms with van der Waals surface area (Å²) in [6.07, 6.45) is 0. The molecule has 0 atom stereocenters. The average Bonchev–Trinajstić information content (AvgIpc) is 2.46. The van der Waals surface area contributed by atoms with Crippen molar-refractivity contribution in [2.75, 3.05) is 0 Å². The molecule has 5 heteroatoms. The minimum absolute atomic E-state index is 0.0387. The maximum Gasteiger partial charge on any atom is 0.311 e. The van der Waals surface area contributed by atoms with Crippen molar-refractivity contribution in [1.29, 1.82) is 0 Å². The number of nitro groups is 1. The van der Waals surface area contributed by atoms with Crippen molar-refractivity contribution in [3.8, 4) is 11.5 Å². The molecular formula is C16H18N2O3. The molecule has 0 spiro atoms. The van der Waals surface area contributed by atoms with Crippen LogP contribution in [0.15, 0.2) is 48.5 Å². The molecule has 0 aliphatic carbocycles. The Morgan fingerprint density at radius 3 is 2.67 bits per heavy atom. The number of hydrogen-bond donors (Lipinski definition) is 1. The van der Waals surface area contributed by atoms with Crippen molar-refractivity contribution in [2.45, 2.75) is 26.4 Å². The Kier molecular flexibility index (Phi) is 4.90. The summed E-state index contributed by atoms with van der Waals surface area (Å²) in [6, 6.07) is 14.3. The smallest absolute Gasteiger partial charge is 0.311 e. The molecule has 5 nitrogen and oxygen atoms in total. The lowest BCUT2D eigenvalue weighted by atomic mass is 10.2. The van der Waals surface area contributed by atoms with Gasteiger partial charge in [0.1, 0.15) is 5.75 Å². The molecule has 0 aliphatic heterocycles. The zero-order valence-corrected chi connectivity index (χ0v) is 12.1. The van der Waals surface area contributed by atoms with E-state index in [-0.39, 0.29) is 11.4 Å². The molecule has 21 heavy (non-hydrogen) atoms. The highest BCUT2D eigenvalue weighted by atomic mass is 16.6. The fraction of sp³-hybridized carbons (Fsp3) is 0.250. The van der Waals surface area contributed by atoms with E-state index >= 15 is 0 Å². The van der Waals surface area contributed by atoms with Crippen LogP contribution in [0.5, 0.6) is 11.5 Å². The second-order valence-electron chi connectivity index (χ2n) is 5.01. The lowest BCUT2D eigenvalue weighted by Crippen LogP contribution is -2.21. The van der Waals surface area contributed by atoms with Gasteiger partial charge in [-0.2, -0.15) is 0 Å². The van der Waals surface area contributed by atoms with E-state index < -0.39 is 4.92 Å². The lowest BCUT2D eigenvalue weighted by Gasteiger charge is -2.10. The summed E-state index contributed by atoms with van der Waals surface area (Å²) in [5, 5.41) is 14.3. The SMILES string of the molecule is CC(C)NCc1cccc(Oc2ccccc2[N+](=O)[O-])c1. The number of nitro benzene ring substituents is 1. The first kappa shape index (κ1) is 15.0. The van der Waals surface area contributed by atoms with Gasteiger partial charge in [0, 0.05) is 18.7 Å². The van der Waals surface area contributed by atoms with Crippen LogP contribution in [0.3, 0.4) is 0 Å². The van der Waals surface area contributed by atoms with Gasteiger partial charge in [-0.25, -0.2) is 0 Å². The molecule has 0 radical (unpaired) electrons. The third kappa shape index (κ3) is 4.29. The van der Waals surface area contributed by atoms with Crippen LogP contribution >= 0.6 is 0 Å². The summed E-state index contributed by atoms with van der Waals surface area (Å²) in [5.41, 5.74) is 1.03. The largest absolute Gasteiger partial charge is 0.450 e. The highest BCUT2D eigenvalue weighted by Crippen LogP contribution is 2.30. The Labute approximate surface area is 123 Å². The van der Waals surface area contributed by atoms with E-state index in [1.165, 1.54) is 6.07 Å². The Morgan fingerprint density at radius 2 is 1.95 bits per heavy atom. The Bertz CT molecular complexity index is 626. The van der Waals surface area contributed by atoms with E-state index in [1.807, 2.05) is 18.2 Å². The first-order valence-electron chi connectivity index (χ1n) is 6.80. The molecule has 0 bridgehead atoms. The van der Waals surface area contributed by atoms with E-state index in [0.717, 1.165) is 12.1 Å². The van der Waals surface area contributed by atoms with Crippen LogP contribution in [0.2, 0.25) is 0 Å². The van der Waals surface area contributed by atoms with E-state index in [1.54, 1.807) is 24.3 Å². The van der Waals surface area contributed by atoms with Gasteiger partial charge in [0.25, 0.3) is 0 Å². The molecule has 0 aromatic heterocycles. The Hall–Kier alpha value is -2.40. The van der Waals surface area contributed by atoms with Crippen LogP contribution in [0.1, 0.15) is 19.4 Å². The third-order valence-corrected chi connectivity index (χ3v) is 2.90. The van der Waals surface area contributed by atoms with Crippen LogP contribution in [0, 0.1) is 10.1 Å². The summed E-state index contributed by atoms with van der Waals surface area (Å²) in [5.74, 6) is 0.837. The number of para-hydroxylation sites is 2. The second kappa shape index (κ2) is 6.85. The Morgan fingerprint density at radius 1 is 1.19 bits per heavy atom. The fourth-order valence-electron chi connectivity index (χ4n) is 1.86. The van der Waals surface area contributed by atoms with Crippen molar-refractivity contribution in [1.82, 2.24) is 5.32 Å². The zero-order valence-electron chi connectivity index (χ0n) is 12.1. The summed E-state index contributed by atoms with van der Waals surface area (Å²) >= 11 is 0. The molecule has 0 fully saturated rings. The van der Waals surface area contributed by atoms with Gasteiger partial charge in [-0.3, -0.25) is 10.1 Å². The van der Waals surface area contributed by atoms with Gasteiger partial charge in [0.15, 0.2) is 0 Å². The van der Waals surface area contributed by atoms with E-state index in [0.29, 0.717) is 11.8 Å². The summed E-state index contributed by atoms with van der Waals surface area (Å²) < 4.78 is 5.65. The number of nitrogens with one attached hydrogen (secondary N) is 1. The number of rotatable bonds is 6. The van der Waals surface area contributed by atoms with Crippen molar-refractivity contribution >= 4 is 5.69 Å². The molecule has 0 saturated carbocycles. The molecule has 0 amide bonds. The van der Waals surface area contributed by atoms with Crippen LogP contribution in [-0.2, 0) is 6.54 Å². The van der Waals surface area contributed by atoms with Gasteiger partial charge in [-0.1, -0.05) is 38.1 Å². The Balaban J connectivity index is 2.16. The number of nitrogens with zero attached hydrogens (tertiary/aromatic N) is 1. The van der Waals surface area contributed by atoms with Gasteiger partial charge >= 0.3 is 5.69 Å². The van der Waals surface area contributed by atoms with Gasteiger partial charge in [0.05, 0.1) is 4.92 Å². The minimum atomic E-state index is -0.445. The highest BCUT2D eigenvalue weighted by molar-refractivity contribution is 5.48. The topological polar surface area (TPSA) is 64.4 Å². The molecule has 0 unspecified atom stereocenters. The lowest BCUT2D eigenvalue weighted by molar-refractivity contribution is -0.385. The molecule has 0 aliphatic rings. The van der Waals surface area contributed by atoms with Crippen LogP contribution in [-0.4, -0.2) is 11.0 Å². The van der Waals surface area contributed by atoms with Gasteiger partial charge < -0.3 is 10.1 Å². The monoisotopic (exact) mass is 286 g/mol. The summed E-state index contributed by atoms with van der Waals surface area (Å²) in [6.45, 7) is 4.88. The number of hydrogen-bond acceptors (Lipinski definition) is 4. The summed E-state index contributed by atoms with van der Waals surface area (Å²) in [7, 11) is 0. The molecule has 1 N–H and O–H groups in total. The maximum absolute atomic E-state index is 11.0. The zero-order chi connectivity index (χ0) is 15.2. The molecular weight excluding hydrogens is 268 g/mol. The van der Waals surface area contributed by atoms with E-state index in [9.17, 15) is 10.1 Å². The molecule has 0 saturated heterocycles. The quantitative estimate of drug-likeness (QED) is 0.646. The van der Waals surface area contributed by atoms with E-state index in [4.69, 9.17) is 4.74 Å². The predicted octanol–water partition coefficient (Wildman–Crippen LogP) is 3.89. The van der Waals surface area contributed by atoms with Crippen LogP contribution in [0.4, 0.5) is 5.69 Å². The van der Waals surface area contributed by atoms with Gasteiger partial charge in [-0.05, 0) is 23.8 Å². The highest BCUT2D eigenvalue weighted by Gasteiger charge is 2.14. The van der Waals surface area contributed by atoms with Crippen molar-refractivity contribution in [3.05, 3.63) is 64.2 Å². The molecule has 2 rings (SSSR count). The minimum Gasteiger partial charge on any atom is -0.450 e.